The Labute approximate surface area is 160 Å². The van der Waals surface area contributed by atoms with Crippen LogP contribution >= 0.6 is 12.4 Å². The summed E-state index contributed by atoms with van der Waals surface area (Å²) in [6, 6.07) is 11.4. The number of rotatable bonds is 3. The van der Waals surface area contributed by atoms with E-state index in [1.807, 2.05) is 6.07 Å². The second-order valence-corrected chi connectivity index (χ2v) is 6.25. The third kappa shape index (κ3) is 4.59. The fraction of sp³-hybridized carbons (Fsp3) is 0.263. The monoisotopic (exact) mass is 396 g/mol. The number of aliphatic carboxylic acids is 1. The minimum absolute atomic E-state index is 0. The highest BCUT2D eigenvalue weighted by Gasteiger charge is 2.35. The van der Waals surface area contributed by atoms with Gasteiger partial charge in [-0.2, -0.15) is 18.4 Å². The highest BCUT2D eigenvalue weighted by atomic mass is 35.5. The summed E-state index contributed by atoms with van der Waals surface area (Å²) in [5.74, 6) is -1.01. The summed E-state index contributed by atoms with van der Waals surface area (Å²) in [6.45, 7) is 0.397. The van der Waals surface area contributed by atoms with Crippen LogP contribution in [0.15, 0.2) is 42.5 Å². The molecule has 0 saturated carbocycles. The number of nitrogens with zero attached hydrogens (tertiary/aromatic N) is 2. The molecular weight excluding hydrogens is 381 g/mol. The Morgan fingerprint density at radius 1 is 1.19 bits per heavy atom. The predicted octanol–water partition coefficient (Wildman–Crippen LogP) is 4.01. The van der Waals surface area contributed by atoms with Crippen LogP contribution in [0.4, 0.5) is 13.2 Å². The molecule has 0 amide bonds. The maximum Gasteiger partial charge on any atom is 0.416 e. The van der Waals surface area contributed by atoms with Crippen LogP contribution in [-0.2, 0) is 30.5 Å². The Bertz CT molecular complexity index is 876. The van der Waals surface area contributed by atoms with Gasteiger partial charge < -0.3 is 5.11 Å². The third-order valence-corrected chi connectivity index (χ3v) is 4.51. The molecule has 4 nitrogen and oxygen atoms in total. The van der Waals surface area contributed by atoms with E-state index in [4.69, 9.17) is 5.26 Å². The normalized spacial score (nSPS) is 16.7. The smallest absolute Gasteiger partial charge is 0.416 e. The summed E-state index contributed by atoms with van der Waals surface area (Å²) >= 11 is 0. The van der Waals surface area contributed by atoms with Gasteiger partial charge in [0.2, 0.25) is 0 Å². The van der Waals surface area contributed by atoms with Crippen LogP contribution in [0.5, 0.6) is 0 Å². The maximum absolute atomic E-state index is 12.9. The molecule has 1 N–H and O–H groups in total. The first-order valence-electron chi connectivity index (χ1n) is 7.93. The number of halogens is 4. The van der Waals surface area contributed by atoms with Crippen molar-refractivity contribution in [1.82, 2.24) is 4.90 Å². The van der Waals surface area contributed by atoms with Gasteiger partial charge in [0.05, 0.1) is 17.2 Å². The van der Waals surface area contributed by atoms with Crippen molar-refractivity contribution in [3.63, 3.8) is 0 Å². The molecule has 1 unspecified atom stereocenters. The van der Waals surface area contributed by atoms with Gasteiger partial charge in [-0.15, -0.1) is 12.4 Å². The van der Waals surface area contributed by atoms with Gasteiger partial charge in [0.1, 0.15) is 6.04 Å². The van der Waals surface area contributed by atoms with E-state index in [-0.39, 0.29) is 31.9 Å². The maximum atomic E-state index is 12.9. The quantitative estimate of drug-likeness (QED) is 0.851. The molecule has 0 spiro atoms. The number of fused-ring (bicyclic) bond motifs is 1. The number of carboxylic acid groups (broad SMARTS) is 1. The summed E-state index contributed by atoms with van der Waals surface area (Å²) < 4.78 is 38.8. The van der Waals surface area contributed by atoms with Crippen molar-refractivity contribution >= 4 is 18.4 Å². The molecule has 0 bridgehead atoms. The predicted molar refractivity (Wildman–Crippen MR) is 94.2 cm³/mol. The summed E-state index contributed by atoms with van der Waals surface area (Å²) in [7, 11) is 0. The van der Waals surface area contributed by atoms with Crippen molar-refractivity contribution < 1.29 is 23.1 Å². The Morgan fingerprint density at radius 3 is 2.41 bits per heavy atom. The van der Waals surface area contributed by atoms with Crippen LogP contribution in [0.1, 0.15) is 27.8 Å². The number of hydrogen-bond donors (Lipinski definition) is 1. The molecule has 0 radical (unpaired) electrons. The fourth-order valence-corrected chi connectivity index (χ4v) is 3.14. The first-order chi connectivity index (χ1) is 12.3. The zero-order valence-electron chi connectivity index (χ0n) is 14.0. The van der Waals surface area contributed by atoms with Crippen LogP contribution < -0.4 is 0 Å². The van der Waals surface area contributed by atoms with Gasteiger partial charge in [-0.05, 0) is 47.4 Å². The molecule has 2 aromatic rings. The minimum Gasteiger partial charge on any atom is -0.480 e. The van der Waals surface area contributed by atoms with Gasteiger partial charge >= 0.3 is 12.1 Å². The van der Waals surface area contributed by atoms with Crippen molar-refractivity contribution in [2.75, 3.05) is 0 Å². The molecule has 142 valence electrons. The molecule has 8 heteroatoms. The van der Waals surface area contributed by atoms with E-state index in [9.17, 15) is 23.1 Å². The lowest BCUT2D eigenvalue weighted by Gasteiger charge is -2.34. The van der Waals surface area contributed by atoms with E-state index in [1.54, 1.807) is 29.2 Å². The van der Waals surface area contributed by atoms with Crippen LogP contribution in [0, 0.1) is 11.3 Å². The first-order valence-corrected chi connectivity index (χ1v) is 7.93. The van der Waals surface area contributed by atoms with Gasteiger partial charge in [-0.1, -0.05) is 18.2 Å². The molecule has 0 aromatic heterocycles. The lowest BCUT2D eigenvalue weighted by Crippen LogP contribution is -2.45. The van der Waals surface area contributed by atoms with Crippen molar-refractivity contribution in [2.24, 2.45) is 0 Å². The molecular formula is C19H16ClF3N2O2. The van der Waals surface area contributed by atoms with E-state index in [1.165, 1.54) is 6.07 Å². The van der Waals surface area contributed by atoms with Crippen LogP contribution in [0.25, 0.3) is 0 Å². The lowest BCUT2D eigenvalue weighted by molar-refractivity contribution is -0.144. The molecule has 27 heavy (non-hydrogen) atoms. The van der Waals surface area contributed by atoms with Gasteiger partial charge in [0, 0.05) is 13.1 Å². The lowest BCUT2D eigenvalue weighted by atomic mass is 9.92. The molecule has 1 atom stereocenters. The third-order valence-electron chi connectivity index (χ3n) is 4.51. The van der Waals surface area contributed by atoms with Gasteiger partial charge in [0.25, 0.3) is 0 Å². The number of carboxylic acids is 1. The highest BCUT2D eigenvalue weighted by molar-refractivity contribution is 5.85. The van der Waals surface area contributed by atoms with Gasteiger partial charge in [0.15, 0.2) is 0 Å². The van der Waals surface area contributed by atoms with Crippen LogP contribution in [0.3, 0.4) is 0 Å². The number of alkyl halides is 3. The summed E-state index contributed by atoms with van der Waals surface area (Å²) in [5.41, 5.74) is 1.67. The number of nitriles is 1. The van der Waals surface area contributed by atoms with Crippen LogP contribution in [0.2, 0.25) is 0 Å². The van der Waals surface area contributed by atoms with Crippen LogP contribution in [-0.4, -0.2) is 22.0 Å². The van der Waals surface area contributed by atoms with Crippen molar-refractivity contribution in [1.29, 1.82) is 5.26 Å². The number of carbonyl (C=O) groups is 1. The van der Waals surface area contributed by atoms with E-state index in [2.05, 4.69) is 0 Å². The standard InChI is InChI=1S/C19H15F3N2O2.ClH/c20-19(21,22)16-6-5-14-8-17(18(25)26)24(11-15(14)7-16)10-13-3-1-12(9-23)2-4-13;/h1-7,17H,8,10-11H2,(H,25,26);1H. The number of hydrogen-bond acceptors (Lipinski definition) is 3. The van der Waals surface area contributed by atoms with Crippen molar-refractivity contribution in [3.05, 3.63) is 70.3 Å². The average Bonchev–Trinajstić information content (AvgIpc) is 2.60. The second-order valence-electron chi connectivity index (χ2n) is 6.25. The highest BCUT2D eigenvalue weighted by Crippen LogP contribution is 2.33. The molecule has 1 aliphatic heterocycles. The topological polar surface area (TPSA) is 64.3 Å². The Kier molecular flexibility index (Phi) is 6.14. The molecule has 3 rings (SSSR count). The molecule has 1 aliphatic rings. The second kappa shape index (κ2) is 7.99. The van der Waals surface area contributed by atoms with Gasteiger partial charge in [-0.3, -0.25) is 9.69 Å². The molecule has 1 heterocycles. The molecule has 0 fully saturated rings. The Balaban J connectivity index is 0.00000261. The van der Waals surface area contributed by atoms with E-state index >= 15 is 0 Å². The summed E-state index contributed by atoms with van der Waals surface area (Å²) in [6.07, 6.45) is -4.28. The minimum atomic E-state index is -4.43. The molecule has 0 saturated heterocycles. The number of benzene rings is 2. The van der Waals surface area contributed by atoms with Crippen molar-refractivity contribution in [2.45, 2.75) is 31.7 Å². The zero-order valence-corrected chi connectivity index (χ0v) is 14.8. The zero-order chi connectivity index (χ0) is 18.9. The first kappa shape index (κ1) is 20.7. The van der Waals surface area contributed by atoms with E-state index in [0.717, 1.165) is 17.7 Å². The summed E-state index contributed by atoms with van der Waals surface area (Å²) in [5, 5.41) is 18.3. The average molecular weight is 397 g/mol. The molecule has 0 aliphatic carbocycles. The van der Waals surface area contributed by atoms with E-state index < -0.39 is 23.8 Å². The Hall–Kier alpha value is -2.56. The van der Waals surface area contributed by atoms with Gasteiger partial charge in [-0.25, -0.2) is 0 Å². The largest absolute Gasteiger partial charge is 0.480 e. The summed E-state index contributed by atoms with van der Waals surface area (Å²) in [4.78, 5) is 13.3. The van der Waals surface area contributed by atoms with Crippen molar-refractivity contribution in [3.8, 4) is 6.07 Å². The molecule has 2 aromatic carbocycles. The Morgan fingerprint density at radius 2 is 1.85 bits per heavy atom. The fourth-order valence-electron chi connectivity index (χ4n) is 3.14. The van der Waals surface area contributed by atoms with E-state index in [0.29, 0.717) is 16.7 Å². The SMILES string of the molecule is Cl.N#Cc1ccc(CN2Cc3cc(C(F)(F)F)ccc3CC2C(=O)O)cc1.